The summed E-state index contributed by atoms with van der Waals surface area (Å²) in [6.45, 7) is 3.19. The van der Waals surface area contributed by atoms with Crippen LogP contribution in [0.5, 0.6) is 0 Å². The highest BCUT2D eigenvalue weighted by Gasteiger charge is 2.20. The van der Waals surface area contributed by atoms with Gasteiger partial charge in [-0.3, -0.25) is 0 Å². The number of likely N-dealkylation sites (N-methyl/N-ethyl adjacent to an activating group) is 1. The average Bonchev–Trinajstić information content (AvgIpc) is 2.77. The van der Waals surface area contributed by atoms with Crippen LogP contribution in [-0.2, 0) is 9.47 Å². The lowest BCUT2D eigenvalue weighted by molar-refractivity contribution is -0.0117. The predicted molar refractivity (Wildman–Crippen MR) is 74.2 cm³/mol. The largest absolute Gasteiger partial charge is 0.465 e. The number of methoxy groups -OCH3 is 1. The average molecular weight is 306 g/mol. The Labute approximate surface area is 120 Å². The van der Waals surface area contributed by atoms with Crippen molar-refractivity contribution in [1.82, 2.24) is 9.88 Å². The summed E-state index contributed by atoms with van der Waals surface area (Å²) in [6, 6.07) is 0. The molecule has 0 spiro atoms. The number of nitrogens with one attached hydrogen (secondary N) is 1. The van der Waals surface area contributed by atoms with Crippen LogP contribution < -0.4 is 5.32 Å². The number of morpholine rings is 1. The molecule has 0 saturated carbocycles. The molecule has 0 aliphatic carbocycles. The van der Waals surface area contributed by atoms with Crippen molar-refractivity contribution in [2.45, 2.75) is 6.10 Å². The number of ether oxygens (including phenoxy) is 2. The quantitative estimate of drug-likeness (QED) is 0.847. The fourth-order valence-corrected chi connectivity index (χ4v) is 2.90. The summed E-state index contributed by atoms with van der Waals surface area (Å²) < 4.78 is 10.3. The molecule has 1 N–H and O–H groups in total. The molecule has 1 aliphatic rings. The molecular formula is C11H16ClN3O3S. The minimum absolute atomic E-state index is 0.114. The van der Waals surface area contributed by atoms with E-state index in [0.717, 1.165) is 19.7 Å². The molecule has 1 aromatic rings. The number of thiazole rings is 1. The van der Waals surface area contributed by atoms with Gasteiger partial charge < -0.3 is 19.7 Å². The highest BCUT2D eigenvalue weighted by Crippen LogP contribution is 2.27. The maximum atomic E-state index is 11.4. The third kappa shape index (κ3) is 3.79. The Morgan fingerprint density at radius 2 is 2.53 bits per heavy atom. The van der Waals surface area contributed by atoms with Crippen LogP contribution in [0.4, 0.5) is 5.13 Å². The third-order valence-corrected chi connectivity index (χ3v) is 4.16. The molecule has 0 aromatic carbocycles. The van der Waals surface area contributed by atoms with Crippen LogP contribution in [0.15, 0.2) is 0 Å². The molecule has 1 atom stereocenters. The molecule has 0 bridgehead atoms. The van der Waals surface area contributed by atoms with E-state index in [0.29, 0.717) is 16.6 Å². The van der Waals surface area contributed by atoms with E-state index in [1.54, 1.807) is 0 Å². The van der Waals surface area contributed by atoms with Crippen molar-refractivity contribution >= 4 is 34.0 Å². The lowest BCUT2D eigenvalue weighted by atomic mass is 10.3. The molecule has 2 rings (SSSR count). The fraction of sp³-hybridized carbons (Fsp3) is 0.636. The van der Waals surface area contributed by atoms with Crippen molar-refractivity contribution in [2.75, 3.05) is 45.7 Å². The van der Waals surface area contributed by atoms with Crippen molar-refractivity contribution in [3.63, 3.8) is 0 Å². The van der Waals surface area contributed by atoms with Gasteiger partial charge >= 0.3 is 5.97 Å². The first-order valence-corrected chi connectivity index (χ1v) is 7.08. The smallest absolute Gasteiger partial charge is 0.351 e. The van der Waals surface area contributed by atoms with Crippen molar-refractivity contribution in [3.8, 4) is 0 Å². The van der Waals surface area contributed by atoms with Crippen LogP contribution in [0.1, 0.15) is 9.67 Å². The van der Waals surface area contributed by atoms with Gasteiger partial charge in [0.25, 0.3) is 0 Å². The number of aromatic nitrogens is 1. The normalized spacial score (nSPS) is 20.3. The molecule has 106 valence electrons. The second kappa shape index (κ2) is 6.51. The van der Waals surface area contributed by atoms with Gasteiger partial charge in [0.2, 0.25) is 0 Å². The molecule has 2 heterocycles. The van der Waals surface area contributed by atoms with E-state index in [-0.39, 0.29) is 11.3 Å². The Bertz CT molecular complexity index is 454. The number of hydrogen-bond acceptors (Lipinski definition) is 7. The Morgan fingerprint density at radius 3 is 3.21 bits per heavy atom. The second-order valence-electron chi connectivity index (χ2n) is 4.27. The van der Waals surface area contributed by atoms with Gasteiger partial charge in [0, 0.05) is 19.6 Å². The van der Waals surface area contributed by atoms with E-state index < -0.39 is 5.97 Å². The summed E-state index contributed by atoms with van der Waals surface area (Å²) in [7, 11) is 3.38. The van der Waals surface area contributed by atoms with Crippen molar-refractivity contribution in [1.29, 1.82) is 0 Å². The topological polar surface area (TPSA) is 63.7 Å². The van der Waals surface area contributed by atoms with Gasteiger partial charge in [-0.1, -0.05) is 22.9 Å². The number of hydrogen-bond donors (Lipinski definition) is 1. The SMILES string of the molecule is COC(=O)c1sc(NCC2CN(C)CCO2)nc1Cl. The zero-order chi connectivity index (χ0) is 13.8. The van der Waals surface area contributed by atoms with Crippen LogP contribution >= 0.6 is 22.9 Å². The minimum Gasteiger partial charge on any atom is -0.465 e. The highest BCUT2D eigenvalue weighted by atomic mass is 35.5. The highest BCUT2D eigenvalue weighted by molar-refractivity contribution is 7.18. The Balaban J connectivity index is 1.91. The molecule has 1 unspecified atom stereocenters. The van der Waals surface area contributed by atoms with E-state index in [4.69, 9.17) is 16.3 Å². The van der Waals surface area contributed by atoms with Gasteiger partial charge in [0.15, 0.2) is 15.2 Å². The molecule has 8 heteroatoms. The first kappa shape index (κ1) is 14.5. The summed E-state index contributed by atoms with van der Waals surface area (Å²) in [5.74, 6) is -0.468. The van der Waals surface area contributed by atoms with E-state index in [9.17, 15) is 4.79 Å². The van der Waals surface area contributed by atoms with Crippen molar-refractivity contribution < 1.29 is 14.3 Å². The molecular weight excluding hydrogens is 290 g/mol. The standard InChI is InChI=1S/C11H16ClN3O3S/c1-15-3-4-18-7(6-15)5-13-11-14-9(12)8(19-11)10(16)17-2/h7H,3-6H2,1-2H3,(H,13,14). The monoisotopic (exact) mass is 305 g/mol. The van der Waals surface area contributed by atoms with Crippen LogP contribution in [0.25, 0.3) is 0 Å². The van der Waals surface area contributed by atoms with E-state index >= 15 is 0 Å². The van der Waals surface area contributed by atoms with Crippen LogP contribution in [0, 0.1) is 0 Å². The lowest BCUT2D eigenvalue weighted by Gasteiger charge is -2.29. The number of halogens is 1. The van der Waals surface area contributed by atoms with Gasteiger partial charge in [-0.25, -0.2) is 9.78 Å². The zero-order valence-corrected chi connectivity index (χ0v) is 12.4. The second-order valence-corrected chi connectivity index (χ2v) is 5.62. The Morgan fingerprint density at radius 1 is 1.74 bits per heavy atom. The number of carbonyl (C=O) groups excluding carboxylic acids is 1. The Hall–Kier alpha value is -0.890. The molecule has 6 nitrogen and oxygen atoms in total. The van der Waals surface area contributed by atoms with Gasteiger partial charge in [-0.2, -0.15) is 0 Å². The Kier molecular flexibility index (Phi) is 4.98. The van der Waals surface area contributed by atoms with Gasteiger partial charge in [0.05, 0.1) is 19.8 Å². The number of nitrogens with zero attached hydrogens (tertiary/aromatic N) is 2. The van der Waals surface area contributed by atoms with E-state index in [1.165, 1.54) is 18.4 Å². The molecule has 0 radical (unpaired) electrons. The van der Waals surface area contributed by atoms with Crippen LogP contribution in [-0.4, -0.2) is 62.4 Å². The van der Waals surface area contributed by atoms with Gasteiger partial charge in [-0.05, 0) is 7.05 Å². The molecule has 1 fully saturated rings. The molecule has 0 amide bonds. The first-order valence-electron chi connectivity index (χ1n) is 5.89. The van der Waals surface area contributed by atoms with E-state index in [1.807, 2.05) is 0 Å². The summed E-state index contributed by atoms with van der Waals surface area (Å²) in [4.78, 5) is 18.0. The maximum Gasteiger partial charge on any atom is 0.351 e. The minimum atomic E-state index is -0.468. The number of esters is 1. The first-order chi connectivity index (χ1) is 9.10. The number of anilines is 1. The van der Waals surface area contributed by atoms with Crippen molar-refractivity contribution in [2.24, 2.45) is 0 Å². The van der Waals surface area contributed by atoms with Gasteiger partial charge in [-0.15, -0.1) is 0 Å². The zero-order valence-electron chi connectivity index (χ0n) is 10.8. The van der Waals surface area contributed by atoms with Crippen LogP contribution in [0.2, 0.25) is 5.15 Å². The summed E-state index contributed by atoms with van der Waals surface area (Å²) in [6.07, 6.45) is 0.114. The van der Waals surface area contributed by atoms with E-state index in [2.05, 4.69) is 27.0 Å². The maximum absolute atomic E-state index is 11.4. The molecule has 1 aliphatic heterocycles. The van der Waals surface area contributed by atoms with Gasteiger partial charge in [0.1, 0.15) is 0 Å². The summed E-state index contributed by atoms with van der Waals surface area (Å²) in [5.41, 5.74) is 0. The number of rotatable bonds is 4. The molecule has 19 heavy (non-hydrogen) atoms. The third-order valence-electron chi connectivity index (χ3n) is 2.78. The summed E-state index contributed by atoms with van der Waals surface area (Å²) in [5, 5.41) is 3.91. The van der Waals surface area contributed by atoms with Crippen LogP contribution in [0.3, 0.4) is 0 Å². The van der Waals surface area contributed by atoms with Crippen molar-refractivity contribution in [3.05, 3.63) is 10.0 Å². The fourth-order valence-electron chi connectivity index (χ4n) is 1.79. The number of carbonyl (C=O) groups is 1. The predicted octanol–water partition coefficient (Wildman–Crippen LogP) is 1.33. The molecule has 1 aromatic heterocycles. The summed E-state index contributed by atoms with van der Waals surface area (Å²) >= 11 is 7.07. The lowest BCUT2D eigenvalue weighted by Crippen LogP contribution is -2.43. The molecule has 1 saturated heterocycles.